The molecule has 19 heavy (non-hydrogen) atoms. The van der Waals surface area contributed by atoms with Crippen LogP contribution < -0.4 is 10.5 Å². The van der Waals surface area contributed by atoms with Crippen molar-refractivity contribution in [2.24, 2.45) is 5.73 Å². The molecule has 0 radical (unpaired) electrons. The molecule has 0 aromatic heterocycles. The zero-order valence-electron chi connectivity index (χ0n) is 11.3. The van der Waals surface area contributed by atoms with Crippen LogP contribution in [0, 0.1) is 0 Å². The Bertz CT molecular complexity index is 421. The summed E-state index contributed by atoms with van der Waals surface area (Å²) in [6, 6.07) is 9.38. The summed E-state index contributed by atoms with van der Waals surface area (Å²) >= 11 is 4.84. The third kappa shape index (κ3) is 5.70. The zero-order chi connectivity index (χ0) is 14.3. The van der Waals surface area contributed by atoms with Crippen molar-refractivity contribution >= 4 is 23.1 Å². The number of hydrogen-bond acceptors (Lipinski definition) is 3. The molecule has 1 aromatic carbocycles. The highest BCUT2D eigenvalue weighted by atomic mass is 32.1. The van der Waals surface area contributed by atoms with Gasteiger partial charge in [-0.25, -0.2) is 0 Å². The molecule has 0 bridgehead atoms. The molecular weight excluding hydrogens is 260 g/mol. The van der Waals surface area contributed by atoms with Gasteiger partial charge in [0.05, 0.1) is 4.99 Å². The lowest BCUT2D eigenvalue weighted by Crippen LogP contribution is -2.41. The van der Waals surface area contributed by atoms with E-state index in [2.05, 4.69) is 0 Å². The third-order valence-electron chi connectivity index (χ3n) is 2.65. The van der Waals surface area contributed by atoms with Crippen LogP contribution in [0.25, 0.3) is 0 Å². The first kappa shape index (κ1) is 15.4. The van der Waals surface area contributed by atoms with Gasteiger partial charge in [0.25, 0.3) is 5.91 Å². The summed E-state index contributed by atoms with van der Waals surface area (Å²) < 4.78 is 5.45. The zero-order valence-corrected chi connectivity index (χ0v) is 12.2. The Kier molecular flexibility index (Phi) is 6.29. The first-order valence-corrected chi connectivity index (χ1v) is 6.67. The number of rotatable bonds is 7. The highest BCUT2D eigenvalue weighted by Crippen LogP contribution is 2.09. The summed E-state index contributed by atoms with van der Waals surface area (Å²) in [6.45, 7) is 4.48. The molecule has 1 rings (SSSR count). The van der Waals surface area contributed by atoms with Crippen LogP contribution in [0.4, 0.5) is 0 Å². The lowest BCUT2D eigenvalue weighted by Gasteiger charge is -2.26. The maximum Gasteiger partial charge on any atom is 0.260 e. The number of benzene rings is 1. The third-order valence-corrected chi connectivity index (χ3v) is 2.85. The first-order valence-electron chi connectivity index (χ1n) is 6.26. The Balaban J connectivity index is 2.50. The molecule has 5 heteroatoms. The Hall–Kier alpha value is -1.62. The van der Waals surface area contributed by atoms with Crippen LogP contribution in [0.15, 0.2) is 30.3 Å². The van der Waals surface area contributed by atoms with Crippen LogP contribution in [0.5, 0.6) is 5.75 Å². The highest BCUT2D eigenvalue weighted by Gasteiger charge is 2.17. The van der Waals surface area contributed by atoms with Gasteiger partial charge in [0.1, 0.15) is 5.75 Å². The molecule has 0 saturated carbocycles. The van der Waals surface area contributed by atoms with Gasteiger partial charge in [0, 0.05) is 19.0 Å². The van der Waals surface area contributed by atoms with Crippen molar-refractivity contribution in [1.29, 1.82) is 0 Å². The second kappa shape index (κ2) is 7.74. The predicted molar refractivity (Wildman–Crippen MR) is 80.2 cm³/mol. The molecule has 1 amide bonds. The lowest BCUT2D eigenvalue weighted by molar-refractivity contribution is -0.134. The number of nitrogens with zero attached hydrogens (tertiary/aromatic N) is 1. The molecule has 4 nitrogen and oxygen atoms in total. The predicted octanol–water partition coefficient (Wildman–Crippen LogP) is 1.98. The second-order valence-electron chi connectivity index (χ2n) is 4.50. The number of nitrogens with two attached hydrogens (primary N) is 1. The standard InChI is InChI=1S/C14H20N2O2S/c1-11(2)16(9-8-13(15)19)14(17)10-18-12-6-4-3-5-7-12/h3-7,11H,8-10H2,1-2H3,(H2,15,19). The summed E-state index contributed by atoms with van der Waals surface area (Å²) in [5, 5.41) is 0. The first-order chi connectivity index (χ1) is 9.00. The Labute approximate surface area is 119 Å². The van der Waals surface area contributed by atoms with Gasteiger partial charge in [-0.05, 0) is 26.0 Å². The molecule has 0 aliphatic rings. The minimum absolute atomic E-state index is 0.0273. The van der Waals surface area contributed by atoms with Crippen molar-refractivity contribution < 1.29 is 9.53 Å². The van der Waals surface area contributed by atoms with E-state index in [1.54, 1.807) is 4.90 Å². The largest absolute Gasteiger partial charge is 0.484 e. The Morgan fingerprint density at radius 2 is 2.00 bits per heavy atom. The Morgan fingerprint density at radius 1 is 1.37 bits per heavy atom. The van der Waals surface area contributed by atoms with E-state index >= 15 is 0 Å². The number of para-hydroxylation sites is 1. The van der Waals surface area contributed by atoms with Crippen LogP contribution in [0.1, 0.15) is 20.3 Å². The minimum Gasteiger partial charge on any atom is -0.484 e. The molecule has 0 heterocycles. The average Bonchev–Trinajstić information content (AvgIpc) is 2.37. The summed E-state index contributed by atoms with van der Waals surface area (Å²) in [4.78, 5) is 14.2. The summed E-state index contributed by atoms with van der Waals surface area (Å²) in [5.74, 6) is 0.629. The van der Waals surface area contributed by atoms with Crippen molar-refractivity contribution in [3.05, 3.63) is 30.3 Å². The summed E-state index contributed by atoms with van der Waals surface area (Å²) in [5.41, 5.74) is 5.47. The van der Waals surface area contributed by atoms with Crippen LogP contribution >= 0.6 is 12.2 Å². The van der Waals surface area contributed by atoms with E-state index in [-0.39, 0.29) is 18.6 Å². The second-order valence-corrected chi connectivity index (χ2v) is 5.02. The fraction of sp³-hybridized carbons (Fsp3) is 0.429. The molecular formula is C14H20N2O2S. The van der Waals surface area contributed by atoms with E-state index in [1.165, 1.54) is 0 Å². The quantitative estimate of drug-likeness (QED) is 0.776. The Morgan fingerprint density at radius 3 is 2.53 bits per heavy atom. The molecule has 0 aliphatic heterocycles. The minimum atomic E-state index is -0.0601. The maximum absolute atomic E-state index is 12.1. The number of amides is 1. The molecule has 0 fully saturated rings. The van der Waals surface area contributed by atoms with E-state index in [0.717, 1.165) is 0 Å². The van der Waals surface area contributed by atoms with Gasteiger partial charge in [-0.2, -0.15) is 0 Å². The summed E-state index contributed by atoms with van der Waals surface area (Å²) in [7, 11) is 0. The van der Waals surface area contributed by atoms with Crippen molar-refractivity contribution in [2.75, 3.05) is 13.2 Å². The molecule has 0 aliphatic carbocycles. The summed E-state index contributed by atoms with van der Waals surface area (Å²) in [6.07, 6.45) is 0.532. The fourth-order valence-electron chi connectivity index (χ4n) is 1.65. The van der Waals surface area contributed by atoms with Gasteiger partial charge in [0.15, 0.2) is 6.61 Å². The maximum atomic E-state index is 12.1. The topological polar surface area (TPSA) is 55.6 Å². The smallest absolute Gasteiger partial charge is 0.260 e. The number of carbonyl (C=O) groups excluding carboxylic acids is 1. The number of ether oxygens (including phenoxy) is 1. The van der Waals surface area contributed by atoms with Crippen molar-refractivity contribution in [1.82, 2.24) is 4.90 Å². The van der Waals surface area contributed by atoms with Gasteiger partial charge < -0.3 is 15.4 Å². The van der Waals surface area contributed by atoms with Gasteiger partial charge >= 0.3 is 0 Å². The van der Waals surface area contributed by atoms with Crippen LogP contribution in [-0.2, 0) is 4.79 Å². The molecule has 0 atom stereocenters. The van der Waals surface area contributed by atoms with Crippen LogP contribution in [0.2, 0.25) is 0 Å². The van der Waals surface area contributed by atoms with E-state index in [4.69, 9.17) is 22.7 Å². The van der Waals surface area contributed by atoms with E-state index in [0.29, 0.717) is 23.7 Å². The van der Waals surface area contributed by atoms with Gasteiger partial charge in [-0.1, -0.05) is 30.4 Å². The lowest BCUT2D eigenvalue weighted by atomic mass is 10.2. The molecule has 0 unspecified atom stereocenters. The van der Waals surface area contributed by atoms with Gasteiger partial charge in [-0.3, -0.25) is 4.79 Å². The molecule has 1 aromatic rings. The molecule has 2 N–H and O–H groups in total. The van der Waals surface area contributed by atoms with Crippen molar-refractivity contribution in [3.8, 4) is 5.75 Å². The van der Waals surface area contributed by atoms with Crippen LogP contribution in [0.3, 0.4) is 0 Å². The van der Waals surface area contributed by atoms with E-state index in [9.17, 15) is 4.79 Å². The molecule has 0 saturated heterocycles. The van der Waals surface area contributed by atoms with Crippen molar-refractivity contribution in [3.63, 3.8) is 0 Å². The number of hydrogen-bond donors (Lipinski definition) is 1. The average molecular weight is 280 g/mol. The van der Waals surface area contributed by atoms with E-state index < -0.39 is 0 Å². The van der Waals surface area contributed by atoms with E-state index in [1.807, 2.05) is 44.2 Å². The number of carbonyl (C=O) groups is 1. The monoisotopic (exact) mass is 280 g/mol. The fourth-order valence-corrected chi connectivity index (χ4v) is 1.74. The number of thiocarbonyl (C=S) groups is 1. The van der Waals surface area contributed by atoms with Crippen LogP contribution in [-0.4, -0.2) is 35.0 Å². The van der Waals surface area contributed by atoms with Gasteiger partial charge in [-0.15, -0.1) is 0 Å². The SMILES string of the molecule is CC(C)N(CCC(N)=S)C(=O)COc1ccccc1. The highest BCUT2D eigenvalue weighted by molar-refractivity contribution is 7.80. The normalized spacial score (nSPS) is 10.3. The molecule has 104 valence electrons. The van der Waals surface area contributed by atoms with Crippen molar-refractivity contribution in [2.45, 2.75) is 26.3 Å². The molecule has 0 spiro atoms. The van der Waals surface area contributed by atoms with Gasteiger partial charge in [0.2, 0.25) is 0 Å².